The van der Waals surface area contributed by atoms with Gasteiger partial charge in [-0.3, -0.25) is 24.4 Å². The van der Waals surface area contributed by atoms with Gasteiger partial charge in [0.1, 0.15) is 0 Å². The van der Waals surface area contributed by atoms with E-state index in [0.717, 1.165) is 44.1 Å². The number of allylic oxidation sites excluding steroid dienone is 2. The lowest BCUT2D eigenvalue weighted by molar-refractivity contribution is -0.196. The van der Waals surface area contributed by atoms with E-state index in [1.165, 1.54) is 26.6 Å². The Bertz CT molecular complexity index is 1120. The van der Waals surface area contributed by atoms with Crippen molar-refractivity contribution in [2.75, 3.05) is 19.6 Å². The fourth-order valence-corrected chi connectivity index (χ4v) is 7.70. The molecular formula is C33H48ClN3O7. The van der Waals surface area contributed by atoms with Crippen molar-refractivity contribution in [3.05, 3.63) is 35.9 Å². The molecule has 6 fully saturated rings. The molecule has 10 nitrogen and oxygen atoms in total. The third kappa shape index (κ3) is 7.18. The molecule has 8 unspecified atom stereocenters. The van der Waals surface area contributed by atoms with Crippen LogP contribution in [-0.2, 0) is 28.8 Å². The van der Waals surface area contributed by atoms with Crippen LogP contribution in [0.5, 0.6) is 0 Å². The number of hydroxylamine groups is 4. The van der Waals surface area contributed by atoms with Crippen LogP contribution in [0.4, 0.5) is 0 Å². The minimum Gasteiger partial charge on any atom is -0.325 e. The molecule has 0 aromatic carbocycles. The van der Waals surface area contributed by atoms with Crippen molar-refractivity contribution < 1.29 is 34.0 Å². The normalized spacial score (nSPS) is 31.9. The van der Waals surface area contributed by atoms with Crippen molar-refractivity contribution in [3.63, 3.8) is 0 Å². The summed E-state index contributed by atoms with van der Waals surface area (Å²) in [6.45, 7) is 23.8. The van der Waals surface area contributed by atoms with Gasteiger partial charge in [-0.25, -0.2) is 4.79 Å². The van der Waals surface area contributed by atoms with Gasteiger partial charge < -0.3 is 9.74 Å². The molecule has 44 heavy (non-hydrogen) atoms. The lowest BCUT2D eigenvalue weighted by atomic mass is 9.81. The first-order chi connectivity index (χ1) is 20.7. The molecule has 4 amide bonds. The molecule has 2 saturated heterocycles. The molecule has 4 aliphatic carbocycles. The number of halogens is 1. The van der Waals surface area contributed by atoms with E-state index >= 15 is 0 Å². The van der Waals surface area contributed by atoms with Crippen LogP contribution in [0.25, 0.3) is 0 Å². The Kier molecular flexibility index (Phi) is 12.1. The second kappa shape index (κ2) is 15.0. The van der Waals surface area contributed by atoms with Crippen LogP contribution >= 0.6 is 11.6 Å². The van der Waals surface area contributed by atoms with Crippen molar-refractivity contribution in [1.82, 2.24) is 15.0 Å². The highest BCUT2D eigenvalue weighted by atomic mass is 35.5. The Morgan fingerprint density at radius 2 is 1.07 bits per heavy atom. The van der Waals surface area contributed by atoms with Gasteiger partial charge in [-0.2, -0.15) is 5.06 Å². The monoisotopic (exact) mass is 633 g/mol. The number of nitrogens with zero attached hydrogens (tertiary/aromatic N) is 3. The molecule has 11 heteroatoms. The maximum Gasteiger partial charge on any atom is 0.359 e. The van der Waals surface area contributed by atoms with Crippen molar-refractivity contribution >= 4 is 41.2 Å². The maximum atomic E-state index is 12.1. The number of rotatable bonds is 6. The Balaban J connectivity index is 0.000000178. The lowest BCUT2D eigenvalue weighted by Crippen LogP contribution is -2.35. The van der Waals surface area contributed by atoms with Gasteiger partial charge in [0.25, 0.3) is 23.6 Å². The van der Waals surface area contributed by atoms with Gasteiger partial charge in [0, 0.05) is 10.6 Å². The SMILES string of the molecule is C=C(C)C(=C)Cl.C=C(C)C(=O)ON1C(=O)C2C3CCC(C3)C2C1=O.CCN(CC)CC.O=C1C2C3CCC(C3)C2C(=O)N1O. The van der Waals surface area contributed by atoms with E-state index in [1.54, 1.807) is 0 Å². The molecule has 6 rings (SSSR count). The smallest absolute Gasteiger partial charge is 0.325 e. The highest BCUT2D eigenvalue weighted by molar-refractivity contribution is 6.31. The number of carbonyl (C=O) groups is 5. The fraction of sp³-hybridized carbons (Fsp3) is 0.667. The molecule has 0 radical (unpaired) electrons. The summed E-state index contributed by atoms with van der Waals surface area (Å²) in [5, 5.41) is 10.7. The summed E-state index contributed by atoms with van der Waals surface area (Å²) in [6, 6.07) is 0. The second-order valence-electron chi connectivity index (χ2n) is 12.7. The highest BCUT2D eigenvalue weighted by Gasteiger charge is 2.63. The van der Waals surface area contributed by atoms with Crippen molar-refractivity contribution in [2.45, 2.75) is 73.1 Å². The van der Waals surface area contributed by atoms with Gasteiger partial charge >= 0.3 is 5.97 Å². The van der Waals surface area contributed by atoms with E-state index in [-0.39, 0.29) is 52.9 Å². The Labute approximate surface area is 266 Å². The minimum absolute atomic E-state index is 0.177. The van der Waals surface area contributed by atoms with Gasteiger partial charge in [-0.1, -0.05) is 52.1 Å². The van der Waals surface area contributed by atoms with Crippen LogP contribution in [0.2, 0.25) is 0 Å². The second-order valence-corrected chi connectivity index (χ2v) is 13.1. The van der Waals surface area contributed by atoms with Gasteiger partial charge in [0.05, 0.1) is 23.7 Å². The van der Waals surface area contributed by atoms with E-state index < -0.39 is 5.97 Å². The zero-order valence-electron chi connectivity index (χ0n) is 26.7. The first kappa shape index (κ1) is 35.7. The van der Waals surface area contributed by atoms with Gasteiger partial charge in [-0.05, 0) is 101 Å². The average molecular weight is 634 g/mol. The van der Waals surface area contributed by atoms with Gasteiger partial charge in [0.15, 0.2) is 0 Å². The number of amides is 4. The van der Waals surface area contributed by atoms with E-state index in [4.69, 9.17) is 21.6 Å². The summed E-state index contributed by atoms with van der Waals surface area (Å²) in [4.78, 5) is 65.8. The Hall–Kier alpha value is -2.82. The molecule has 8 atom stereocenters. The maximum absolute atomic E-state index is 12.1. The summed E-state index contributed by atoms with van der Waals surface area (Å²) in [5.41, 5.74) is 1.01. The van der Waals surface area contributed by atoms with Crippen molar-refractivity contribution in [2.24, 2.45) is 47.3 Å². The van der Waals surface area contributed by atoms with Crippen molar-refractivity contribution in [3.8, 4) is 0 Å². The molecule has 2 heterocycles. The third-order valence-electron chi connectivity index (χ3n) is 10.1. The van der Waals surface area contributed by atoms with E-state index in [9.17, 15) is 24.0 Å². The average Bonchev–Trinajstić information content (AvgIpc) is 3.84. The quantitative estimate of drug-likeness (QED) is 0.185. The number of carbonyl (C=O) groups excluding carboxylic acids is 5. The summed E-state index contributed by atoms with van der Waals surface area (Å²) in [6.07, 6.45) is 6.10. The predicted molar refractivity (Wildman–Crippen MR) is 165 cm³/mol. The molecule has 244 valence electrons. The molecule has 0 spiro atoms. The van der Waals surface area contributed by atoms with E-state index in [2.05, 4.69) is 45.4 Å². The van der Waals surface area contributed by atoms with Crippen LogP contribution in [0.1, 0.15) is 73.1 Å². The molecule has 1 N–H and O–H groups in total. The summed E-state index contributed by atoms with van der Waals surface area (Å²) >= 11 is 5.32. The lowest BCUT2D eigenvalue weighted by Gasteiger charge is -2.18. The molecular weight excluding hydrogens is 586 g/mol. The van der Waals surface area contributed by atoms with Crippen LogP contribution < -0.4 is 0 Å². The van der Waals surface area contributed by atoms with Gasteiger partial charge in [0.2, 0.25) is 0 Å². The molecule has 6 aliphatic rings. The first-order valence-electron chi connectivity index (χ1n) is 15.7. The van der Waals surface area contributed by atoms with Crippen LogP contribution in [0.15, 0.2) is 35.9 Å². The number of hydrogen-bond donors (Lipinski definition) is 1. The predicted octanol–water partition coefficient (Wildman–Crippen LogP) is 5.12. The summed E-state index contributed by atoms with van der Waals surface area (Å²) < 4.78 is 0. The van der Waals surface area contributed by atoms with Crippen LogP contribution in [-0.4, -0.2) is 69.5 Å². The standard InChI is InChI=1S/C13H15NO4.C9H11NO3.C6H15N.C5H7Cl/c1-6(2)13(17)18-14-11(15)9-7-3-4-8(5-7)10(9)12(14)16;11-8-6-4-1-2-5(3-4)7(6)9(12)10(8)13;1-4-7(5-2)6-3;1-4(2)5(3)6/h7-10H,1,3-5H2,2H3;4-7,13H,1-3H2;4-6H2,1-3H3;1,3H2,2H3. The van der Waals surface area contributed by atoms with Crippen molar-refractivity contribution in [1.29, 1.82) is 0 Å². The highest BCUT2D eigenvalue weighted by Crippen LogP contribution is 2.57. The molecule has 0 aromatic heterocycles. The number of imide groups is 2. The topological polar surface area (TPSA) is 125 Å². The molecule has 4 bridgehead atoms. The molecule has 2 aliphatic heterocycles. The molecule has 4 saturated carbocycles. The first-order valence-corrected chi connectivity index (χ1v) is 16.1. The largest absolute Gasteiger partial charge is 0.359 e. The zero-order valence-corrected chi connectivity index (χ0v) is 27.5. The van der Waals surface area contributed by atoms with E-state index in [0.29, 0.717) is 38.8 Å². The van der Waals surface area contributed by atoms with Crippen LogP contribution in [0, 0.1) is 47.3 Å². The third-order valence-corrected chi connectivity index (χ3v) is 10.4. The Morgan fingerprint density at radius 1 is 0.750 bits per heavy atom. The summed E-state index contributed by atoms with van der Waals surface area (Å²) in [5.74, 6) is -1.68. The van der Waals surface area contributed by atoms with Crippen LogP contribution in [0.3, 0.4) is 0 Å². The number of hydrogen-bond acceptors (Lipinski definition) is 8. The summed E-state index contributed by atoms with van der Waals surface area (Å²) in [7, 11) is 0. The fourth-order valence-electron chi connectivity index (χ4n) is 7.70. The van der Waals surface area contributed by atoms with E-state index in [1.807, 2.05) is 6.92 Å². The zero-order chi connectivity index (χ0) is 33.0. The van der Waals surface area contributed by atoms with Gasteiger partial charge in [-0.15, -0.1) is 5.06 Å². The Morgan fingerprint density at radius 3 is 1.32 bits per heavy atom. The number of fused-ring (bicyclic) bond motifs is 10. The molecule has 0 aromatic rings. The minimum atomic E-state index is -0.718.